The van der Waals surface area contributed by atoms with Gasteiger partial charge in [-0.1, -0.05) is 80.3 Å². The largest absolute Gasteiger partial charge is 0.497 e. The number of unbranched alkanes of at least 4 members (excludes halogenated alkanes) is 4. The predicted molar refractivity (Wildman–Crippen MR) is 228 cm³/mol. The van der Waals surface area contributed by atoms with E-state index in [2.05, 4.69) is 42.5 Å². The molecule has 0 aliphatic carbocycles. The van der Waals surface area contributed by atoms with Crippen LogP contribution in [0, 0.1) is 12.5 Å². The number of benzene rings is 3. The van der Waals surface area contributed by atoms with E-state index < -0.39 is 44.7 Å². The molecule has 4 rings (SSSR count). The third-order valence-corrected chi connectivity index (χ3v) is 12.4. The molecule has 1 fully saturated rings. The second-order valence-electron chi connectivity index (χ2n) is 15.1. The number of alkyl halides is 3. The number of rotatable bonds is 24. The van der Waals surface area contributed by atoms with E-state index in [1.54, 1.807) is 14.2 Å². The lowest BCUT2D eigenvalue weighted by molar-refractivity contribution is -0.145. The lowest BCUT2D eigenvalue weighted by atomic mass is 9.79. The Bertz CT molecular complexity index is 1700. The van der Waals surface area contributed by atoms with Gasteiger partial charge in [0.25, 0.3) is 8.53 Å². The number of carbonyl (C=O) groups is 1. The van der Waals surface area contributed by atoms with Crippen molar-refractivity contribution in [2.24, 2.45) is 5.92 Å². The molecule has 1 aliphatic rings. The van der Waals surface area contributed by atoms with E-state index in [4.69, 9.17) is 42.4 Å². The molecule has 2 radical (unpaired) electrons. The zero-order chi connectivity index (χ0) is 43.7. The molecule has 0 spiro atoms. The van der Waals surface area contributed by atoms with Crippen LogP contribution in [0.1, 0.15) is 82.9 Å². The molecule has 11 nitrogen and oxygen atoms in total. The summed E-state index contributed by atoms with van der Waals surface area (Å²) in [4.78, 5) is 14.9. The highest BCUT2D eigenvalue weighted by Crippen LogP contribution is 2.51. The molecule has 2 amide bonds. The van der Waals surface area contributed by atoms with E-state index in [1.807, 2.05) is 78.9 Å². The van der Waals surface area contributed by atoms with E-state index in [-0.39, 0.29) is 44.3 Å². The SMILES string of the molecule is [B][C@@H]1O[C@H](COC(c2ccccc2)(c2ccc(OC)cc2)c2ccc(OC)cc2)[C@H](OP(OCC[N+]#[C-])N(C(C)C)C(C)C)C1CCCCCCCNC(=O)NC(F)(F)F. The Morgan fingerprint density at radius 2 is 1.42 bits per heavy atom. The number of hydrogen-bond acceptors (Lipinski definition) is 8. The standard InChI is InChI=1S/C44H59BF3N4O7P/c1-31(2)52(32(3)4)60(57-29-28-49-5)59-40-38(18-14-9-8-10-15-27-50-42(53)51-44(46,47)48)41(45)58-39(40)30-56-43(33-16-12-11-13-17-33,34-19-23-36(54-6)24-20-34)35-21-25-37(55-7)26-22-35/h11-13,16-17,19-26,31-32,38-41H,8-10,14-15,18,27-30H2,1-4,6-7H3,(H2,50,51,53)/t38?,39-,40-,41-,60?/m1/s1. The van der Waals surface area contributed by atoms with Gasteiger partial charge in [0.05, 0.1) is 26.9 Å². The van der Waals surface area contributed by atoms with Crippen LogP contribution in [0.2, 0.25) is 0 Å². The molecule has 3 aromatic rings. The first-order valence-electron chi connectivity index (χ1n) is 20.5. The highest BCUT2D eigenvalue weighted by Gasteiger charge is 2.47. The first-order valence-corrected chi connectivity index (χ1v) is 21.6. The summed E-state index contributed by atoms with van der Waals surface area (Å²) in [6.45, 7) is 16.3. The van der Waals surface area contributed by atoms with Crippen LogP contribution >= 0.6 is 8.53 Å². The predicted octanol–water partition coefficient (Wildman–Crippen LogP) is 9.35. The van der Waals surface area contributed by atoms with Gasteiger partial charge in [-0.15, -0.1) is 0 Å². The Morgan fingerprint density at radius 1 is 0.867 bits per heavy atom. The normalized spacial score (nSPS) is 18.7. The summed E-state index contributed by atoms with van der Waals surface area (Å²) < 4.78 is 77.8. The molecule has 0 saturated carbocycles. The fourth-order valence-corrected chi connectivity index (χ4v) is 9.33. The van der Waals surface area contributed by atoms with Crippen LogP contribution in [0.25, 0.3) is 4.85 Å². The molecule has 16 heteroatoms. The van der Waals surface area contributed by atoms with Crippen LogP contribution in [0.15, 0.2) is 78.9 Å². The third-order valence-electron chi connectivity index (χ3n) is 10.3. The van der Waals surface area contributed by atoms with Gasteiger partial charge in [0, 0.05) is 30.5 Å². The average molecular weight is 855 g/mol. The number of nitrogens with one attached hydrogen (secondary N) is 2. The maximum absolute atomic E-state index is 12.4. The van der Waals surface area contributed by atoms with Gasteiger partial charge in [0.1, 0.15) is 37.7 Å². The molecule has 2 unspecified atom stereocenters. The molecule has 1 aliphatic heterocycles. The molecule has 0 bridgehead atoms. The average Bonchev–Trinajstić information content (AvgIpc) is 3.51. The zero-order valence-corrected chi connectivity index (χ0v) is 36.3. The van der Waals surface area contributed by atoms with Gasteiger partial charge in [-0.2, -0.15) is 13.2 Å². The van der Waals surface area contributed by atoms with Crippen molar-refractivity contribution in [2.45, 2.75) is 108 Å². The van der Waals surface area contributed by atoms with Crippen LogP contribution in [-0.4, -0.2) is 95.7 Å². The number of hydrogen-bond donors (Lipinski definition) is 2. The fraction of sp³-hybridized carbons (Fsp3) is 0.545. The molecule has 2 N–H and O–H groups in total. The van der Waals surface area contributed by atoms with E-state index >= 15 is 0 Å². The van der Waals surface area contributed by atoms with Crippen molar-refractivity contribution in [2.75, 3.05) is 40.5 Å². The van der Waals surface area contributed by atoms with Gasteiger partial charge in [0.2, 0.25) is 6.54 Å². The van der Waals surface area contributed by atoms with Gasteiger partial charge < -0.3 is 38.2 Å². The van der Waals surface area contributed by atoms with Crippen LogP contribution in [-0.2, 0) is 24.1 Å². The Balaban J connectivity index is 1.64. The fourth-order valence-electron chi connectivity index (χ4n) is 7.54. The van der Waals surface area contributed by atoms with Crippen molar-refractivity contribution in [1.29, 1.82) is 0 Å². The lowest BCUT2D eigenvalue weighted by Crippen LogP contribution is -2.44. The summed E-state index contributed by atoms with van der Waals surface area (Å²) in [5.74, 6) is 1.16. The highest BCUT2D eigenvalue weighted by molar-refractivity contribution is 7.44. The summed E-state index contributed by atoms with van der Waals surface area (Å²) in [7, 11) is 8.44. The lowest BCUT2D eigenvalue weighted by Gasteiger charge is -2.39. The first kappa shape index (κ1) is 48.8. The van der Waals surface area contributed by atoms with Crippen molar-refractivity contribution in [1.82, 2.24) is 15.3 Å². The molecule has 3 aromatic carbocycles. The number of nitrogens with zero attached hydrogens (tertiary/aromatic N) is 2. The van der Waals surface area contributed by atoms with Gasteiger partial charge in [-0.25, -0.2) is 21.4 Å². The van der Waals surface area contributed by atoms with Crippen molar-refractivity contribution in [3.05, 3.63) is 107 Å². The van der Waals surface area contributed by atoms with Crippen LogP contribution in [0.3, 0.4) is 0 Å². The summed E-state index contributed by atoms with van der Waals surface area (Å²) in [6.07, 6.45) is -1.56. The monoisotopic (exact) mass is 854 g/mol. The molecular weight excluding hydrogens is 795 g/mol. The topological polar surface area (TPSA) is 104 Å². The molecular formula is C44H59BF3N4O7P. The Morgan fingerprint density at radius 3 is 1.95 bits per heavy atom. The summed E-state index contributed by atoms with van der Waals surface area (Å²) in [6, 6.07) is 23.8. The van der Waals surface area contributed by atoms with Crippen molar-refractivity contribution >= 4 is 22.4 Å². The van der Waals surface area contributed by atoms with E-state index in [9.17, 15) is 18.0 Å². The van der Waals surface area contributed by atoms with Crippen LogP contribution in [0.5, 0.6) is 11.5 Å². The Labute approximate surface area is 356 Å². The quantitative estimate of drug-likeness (QED) is 0.0230. The first-order chi connectivity index (χ1) is 28.7. The van der Waals surface area contributed by atoms with E-state index in [1.165, 1.54) is 0 Å². The van der Waals surface area contributed by atoms with Crippen molar-refractivity contribution in [3.63, 3.8) is 0 Å². The van der Waals surface area contributed by atoms with Crippen molar-refractivity contribution in [3.8, 4) is 11.5 Å². The van der Waals surface area contributed by atoms with Gasteiger partial charge in [-0.3, -0.25) is 0 Å². The van der Waals surface area contributed by atoms with Crippen molar-refractivity contribution < 1.29 is 46.0 Å². The summed E-state index contributed by atoms with van der Waals surface area (Å²) >= 11 is 0. The Kier molecular flexibility index (Phi) is 19.4. The Hall–Kier alpha value is -3.90. The van der Waals surface area contributed by atoms with Gasteiger partial charge in [-0.05, 0) is 81.5 Å². The highest BCUT2D eigenvalue weighted by atomic mass is 31.2. The molecule has 5 atom stereocenters. The number of carbonyl (C=O) groups excluding carboxylic acids is 1. The van der Waals surface area contributed by atoms with Gasteiger partial charge >= 0.3 is 12.3 Å². The minimum absolute atomic E-state index is 0.0677. The maximum Gasteiger partial charge on any atom is 0.485 e. The molecule has 1 heterocycles. The molecule has 1 saturated heterocycles. The zero-order valence-electron chi connectivity index (χ0n) is 35.5. The second-order valence-corrected chi connectivity index (χ2v) is 16.6. The number of halogens is 3. The maximum atomic E-state index is 12.4. The second kappa shape index (κ2) is 23.9. The number of ether oxygens (including phenoxy) is 4. The van der Waals surface area contributed by atoms with E-state index in [0.717, 1.165) is 47.7 Å². The minimum atomic E-state index is -4.77. The number of methoxy groups -OCH3 is 2. The van der Waals surface area contributed by atoms with E-state index in [0.29, 0.717) is 24.3 Å². The summed E-state index contributed by atoms with van der Waals surface area (Å²) in [5, 5.41) is 3.19. The third kappa shape index (κ3) is 13.8. The molecule has 60 heavy (non-hydrogen) atoms. The number of amides is 2. The van der Waals surface area contributed by atoms with Crippen LogP contribution < -0.4 is 20.1 Å². The number of urea groups is 1. The molecule has 0 aromatic heterocycles. The smallest absolute Gasteiger partial charge is 0.485 e. The summed E-state index contributed by atoms with van der Waals surface area (Å²) in [5.41, 5.74) is 1.51. The van der Waals surface area contributed by atoms with Gasteiger partial charge in [0.15, 0.2) is 0 Å². The molecule has 326 valence electrons. The van der Waals surface area contributed by atoms with Crippen LogP contribution in [0.4, 0.5) is 18.0 Å². The minimum Gasteiger partial charge on any atom is -0.497 e.